The lowest BCUT2D eigenvalue weighted by atomic mass is 9.80. The van der Waals surface area contributed by atoms with Crippen molar-refractivity contribution in [2.24, 2.45) is 5.92 Å². The molecule has 1 aliphatic carbocycles. The van der Waals surface area contributed by atoms with Gasteiger partial charge in [0.05, 0.1) is 5.69 Å². The normalized spacial score (nSPS) is 22.7. The van der Waals surface area contributed by atoms with Crippen LogP contribution in [0.15, 0.2) is 47.5 Å². The van der Waals surface area contributed by atoms with Crippen molar-refractivity contribution in [2.45, 2.75) is 68.1 Å². The van der Waals surface area contributed by atoms with Gasteiger partial charge in [0, 0.05) is 30.2 Å². The van der Waals surface area contributed by atoms with E-state index in [1.165, 1.54) is 61.3 Å². The maximum atomic E-state index is 13.4. The average Bonchev–Trinajstić information content (AvgIpc) is 3.44. The highest BCUT2D eigenvalue weighted by molar-refractivity contribution is 8.00. The monoisotopic (exact) mass is 590 g/mol. The Bertz CT molecular complexity index is 1290. The highest BCUT2D eigenvalue weighted by Gasteiger charge is 2.51. The van der Waals surface area contributed by atoms with E-state index in [-0.39, 0.29) is 41.0 Å². The average molecular weight is 591 g/mol. The minimum atomic E-state index is -4.44. The summed E-state index contributed by atoms with van der Waals surface area (Å²) in [6.07, 6.45) is 5.96. The molecule has 3 heterocycles. The number of aromatic nitrogens is 1. The maximum absolute atomic E-state index is 13.4. The number of pyridine rings is 1. The SMILES string of the molecule is CC1(C)C(=O)N(c2ccc(SC(F)(F)F)cc2)C(=O)N1Cc1ccnc(NC(=O)NC2CC(CN3CCCC3)C2)c1. The minimum Gasteiger partial charge on any atom is -0.335 e. The van der Waals surface area contributed by atoms with Crippen LogP contribution in [-0.4, -0.2) is 69.5 Å². The number of carbonyl (C=O) groups excluding carboxylic acids is 3. The van der Waals surface area contributed by atoms with Crippen molar-refractivity contribution in [1.29, 1.82) is 0 Å². The Balaban J connectivity index is 1.18. The van der Waals surface area contributed by atoms with Gasteiger partial charge < -0.3 is 15.1 Å². The lowest BCUT2D eigenvalue weighted by molar-refractivity contribution is -0.123. The first-order valence-electron chi connectivity index (χ1n) is 13.7. The predicted molar refractivity (Wildman–Crippen MR) is 149 cm³/mol. The second-order valence-electron chi connectivity index (χ2n) is 11.3. The number of alkyl halides is 3. The first-order chi connectivity index (χ1) is 19.4. The van der Waals surface area contributed by atoms with Crippen molar-refractivity contribution < 1.29 is 27.6 Å². The molecule has 1 aromatic carbocycles. The zero-order valence-electron chi connectivity index (χ0n) is 22.9. The van der Waals surface area contributed by atoms with Crippen LogP contribution in [0.4, 0.5) is 34.3 Å². The molecule has 2 saturated heterocycles. The summed E-state index contributed by atoms with van der Waals surface area (Å²) in [7, 11) is 0. The van der Waals surface area contributed by atoms with Gasteiger partial charge in [0.1, 0.15) is 11.4 Å². The molecule has 3 fully saturated rings. The molecule has 5 rings (SSSR count). The van der Waals surface area contributed by atoms with E-state index in [9.17, 15) is 27.6 Å². The lowest BCUT2D eigenvalue weighted by Crippen LogP contribution is -2.48. The summed E-state index contributed by atoms with van der Waals surface area (Å²) in [5, 5.41) is 5.75. The fourth-order valence-electron chi connectivity index (χ4n) is 5.62. The number of hydrogen-bond acceptors (Lipinski definition) is 6. The van der Waals surface area contributed by atoms with Gasteiger partial charge in [0.15, 0.2) is 0 Å². The topological polar surface area (TPSA) is 97.9 Å². The van der Waals surface area contributed by atoms with Crippen molar-refractivity contribution in [3.8, 4) is 0 Å². The highest BCUT2D eigenvalue weighted by atomic mass is 32.2. The Labute approximate surface area is 240 Å². The Morgan fingerprint density at radius 2 is 1.78 bits per heavy atom. The van der Waals surface area contributed by atoms with Crippen LogP contribution in [0, 0.1) is 5.92 Å². The minimum absolute atomic E-state index is 0.0449. The molecule has 0 atom stereocenters. The van der Waals surface area contributed by atoms with Crippen LogP contribution in [0.25, 0.3) is 0 Å². The molecular formula is C28H33F3N6O3S. The number of hydrogen-bond donors (Lipinski definition) is 2. The number of nitrogens with one attached hydrogen (secondary N) is 2. The quantitative estimate of drug-likeness (QED) is 0.314. The second kappa shape index (κ2) is 11.5. The van der Waals surface area contributed by atoms with Gasteiger partial charge in [-0.1, -0.05) is 0 Å². The van der Waals surface area contributed by atoms with Crippen molar-refractivity contribution in [2.75, 3.05) is 29.9 Å². The summed E-state index contributed by atoms with van der Waals surface area (Å²) in [5.41, 5.74) is -4.81. The summed E-state index contributed by atoms with van der Waals surface area (Å²) in [5.74, 6) is 0.438. The van der Waals surface area contributed by atoms with E-state index < -0.39 is 23.0 Å². The van der Waals surface area contributed by atoms with Gasteiger partial charge >= 0.3 is 17.6 Å². The third-order valence-electron chi connectivity index (χ3n) is 7.84. The van der Waals surface area contributed by atoms with Gasteiger partial charge in [0.2, 0.25) is 0 Å². The zero-order chi connectivity index (χ0) is 29.4. The molecule has 0 radical (unpaired) electrons. The lowest BCUT2D eigenvalue weighted by Gasteiger charge is -2.37. The number of likely N-dealkylation sites (tertiary alicyclic amines) is 1. The molecule has 5 amide bonds. The molecule has 2 N–H and O–H groups in total. The van der Waals surface area contributed by atoms with Gasteiger partial charge in [-0.05, 0) is 112 Å². The van der Waals surface area contributed by atoms with Crippen molar-refractivity contribution in [3.05, 3.63) is 48.2 Å². The van der Waals surface area contributed by atoms with Gasteiger partial charge in [-0.3, -0.25) is 10.1 Å². The van der Waals surface area contributed by atoms with Crippen molar-refractivity contribution in [3.63, 3.8) is 0 Å². The van der Waals surface area contributed by atoms with Crippen LogP contribution >= 0.6 is 11.8 Å². The van der Waals surface area contributed by atoms with Crippen LogP contribution in [0.5, 0.6) is 0 Å². The van der Waals surface area contributed by atoms with Crippen molar-refractivity contribution >= 4 is 41.2 Å². The first kappa shape index (κ1) is 29.2. The molecule has 1 aromatic heterocycles. The number of anilines is 2. The Hall–Kier alpha value is -3.32. The molecule has 2 aromatic rings. The number of carbonyl (C=O) groups is 3. The largest absolute Gasteiger partial charge is 0.446 e. The van der Waals surface area contributed by atoms with E-state index >= 15 is 0 Å². The number of imide groups is 1. The summed E-state index contributed by atoms with van der Waals surface area (Å²) < 4.78 is 38.0. The van der Waals surface area contributed by atoms with E-state index in [1.54, 1.807) is 26.0 Å². The Morgan fingerprint density at radius 3 is 2.44 bits per heavy atom. The molecule has 3 aliphatic rings. The Kier molecular flexibility index (Phi) is 8.20. The molecule has 0 unspecified atom stereocenters. The summed E-state index contributed by atoms with van der Waals surface area (Å²) in [4.78, 5) is 48.2. The number of nitrogens with zero attached hydrogens (tertiary/aromatic N) is 4. The van der Waals surface area contributed by atoms with Crippen LogP contribution in [-0.2, 0) is 11.3 Å². The third kappa shape index (κ3) is 6.78. The van der Waals surface area contributed by atoms with Gasteiger partial charge in [-0.2, -0.15) is 13.2 Å². The fraction of sp³-hybridized carbons (Fsp3) is 0.500. The molecule has 2 aliphatic heterocycles. The smallest absolute Gasteiger partial charge is 0.335 e. The van der Waals surface area contributed by atoms with Crippen LogP contribution < -0.4 is 15.5 Å². The second-order valence-corrected chi connectivity index (χ2v) is 12.4. The van der Waals surface area contributed by atoms with Gasteiger partial charge in [-0.25, -0.2) is 19.5 Å². The summed E-state index contributed by atoms with van der Waals surface area (Å²) >= 11 is -0.267. The van der Waals surface area contributed by atoms with Gasteiger partial charge in [0.25, 0.3) is 5.91 Å². The first-order valence-corrected chi connectivity index (χ1v) is 14.5. The number of rotatable bonds is 8. The van der Waals surface area contributed by atoms with Crippen LogP contribution in [0.3, 0.4) is 0 Å². The van der Waals surface area contributed by atoms with Crippen molar-refractivity contribution in [1.82, 2.24) is 20.1 Å². The zero-order valence-corrected chi connectivity index (χ0v) is 23.7. The highest BCUT2D eigenvalue weighted by Crippen LogP contribution is 2.39. The van der Waals surface area contributed by atoms with E-state index in [0.717, 1.165) is 24.3 Å². The molecule has 220 valence electrons. The number of benzene rings is 1. The maximum Gasteiger partial charge on any atom is 0.446 e. The molecule has 13 heteroatoms. The molecule has 0 spiro atoms. The fourth-order valence-corrected chi connectivity index (χ4v) is 6.16. The molecule has 9 nitrogen and oxygen atoms in total. The van der Waals surface area contributed by atoms with Crippen LogP contribution in [0.1, 0.15) is 45.1 Å². The molecule has 0 bridgehead atoms. The predicted octanol–water partition coefficient (Wildman–Crippen LogP) is 5.44. The number of amides is 5. The van der Waals surface area contributed by atoms with Crippen LogP contribution in [0.2, 0.25) is 0 Å². The Morgan fingerprint density at radius 1 is 1.10 bits per heavy atom. The van der Waals surface area contributed by atoms with Gasteiger partial charge in [-0.15, -0.1) is 0 Å². The number of urea groups is 2. The van der Waals surface area contributed by atoms with E-state index in [1.807, 2.05) is 0 Å². The van der Waals surface area contributed by atoms with E-state index in [0.29, 0.717) is 17.3 Å². The van der Waals surface area contributed by atoms with E-state index in [2.05, 4.69) is 20.5 Å². The summed E-state index contributed by atoms with van der Waals surface area (Å²) in [6.45, 7) is 6.73. The summed E-state index contributed by atoms with van der Waals surface area (Å²) in [6, 6.07) is 7.65. The molecule has 41 heavy (non-hydrogen) atoms. The molecular weight excluding hydrogens is 557 g/mol. The number of halogens is 3. The number of thioether (sulfide) groups is 1. The standard InChI is InChI=1S/C28H33F3N6O3S/c1-27(2)24(38)37(21-5-7-22(8-6-21)41-28(29,30)31)26(40)36(27)17-18-9-10-32-23(15-18)34-25(39)33-20-13-19(14-20)16-35-11-3-4-12-35/h5-10,15,19-20H,3-4,11-14,16-17H2,1-2H3,(H2,32,33,34,39). The molecule has 1 saturated carbocycles. The third-order valence-corrected chi connectivity index (χ3v) is 8.58. The van der Waals surface area contributed by atoms with E-state index in [4.69, 9.17) is 0 Å².